The predicted octanol–water partition coefficient (Wildman–Crippen LogP) is 5.82. The number of oxazole rings is 1. The Morgan fingerprint density at radius 3 is 2.56 bits per heavy atom. The van der Waals surface area contributed by atoms with Crippen molar-refractivity contribution in [3.05, 3.63) is 96.2 Å². The van der Waals surface area contributed by atoms with Crippen LogP contribution in [0.25, 0.3) is 12.2 Å². The molecule has 0 saturated heterocycles. The van der Waals surface area contributed by atoms with E-state index in [1.54, 1.807) is 18.9 Å². The fourth-order valence-corrected chi connectivity index (χ4v) is 3.41. The summed E-state index contributed by atoms with van der Waals surface area (Å²) in [5.41, 5.74) is 3.21. The molecule has 0 aliphatic heterocycles. The molecule has 6 heteroatoms. The normalized spacial score (nSPS) is 11.2. The maximum Gasteiger partial charge on any atom is 0.218 e. The fraction of sp³-hybridized carbons (Fsp3) is 0.269. The minimum atomic E-state index is 0.383. The lowest BCUT2D eigenvalue weighted by atomic mass is 10.1. The van der Waals surface area contributed by atoms with Crippen molar-refractivity contribution < 1.29 is 9.15 Å². The summed E-state index contributed by atoms with van der Waals surface area (Å²) in [7, 11) is 0. The van der Waals surface area contributed by atoms with Gasteiger partial charge in [0.1, 0.15) is 37.0 Å². The van der Waals surface area contributed by atoms with Crippen LogP contribution in [0.2, 0.25) is 0 Å². The molecule has 0 aliphatic carbocycles. The van der Waals surface area contributed by atoms with Crippen LogP contribution in [0.15, 0.2) is 77.9 Å². The summed E-state index contributed by atoms with van der Waals surface area (Å²) in [4.78, 5) is 8.42. The van der Waals surface area contributed by atoms with E-state index in [1.165, 1.54) is 24.8 Å². The molecular weight excluding hydrogens is 400 g/mol. The van der Waals surface area contributed by atoms with Crippen LogP contribution < -0.4 is 4.74 Å². The number of aromatic nitrogens is 4. The smallest absolute Gasteiger partial charge is 0.218 e. The molecule has 6 nitrogen and oxygen atoms in total. The van der Waals surface area contributed by atoms with E-state index >= 15 is 0 Å². The lowest BCUT2D eigenvalue weighted by Crippen LogP contribution is -1.98. The number of nitrogens with zero attached hydrogens (tertiary/aromatic N) is 4. The molecule has 0 bridgehead atoms. The van der Waals surface area contributed by atoms with E-state index < -0.39 is 0 Å². The Morgan fingerprint density at radius 2 is 1.75 bits per heavy atom. The highest BCUT2D eigenvalue weighted by Crippen LogP contribution is 2.17. The van der Waals surface area contributed by atoms with E-state index in [0.717, 1.165) is 36.4 Å². The van der Waals surface area contributed by atoms with Crippen molar-refractivity contribution >= 4 is 12.2 Å². The summed E-state index contributed by atoms with van der Waals surface area (Å²) in [5, 5.41) is 4.13. The van der Waals surface area contributed by atoms with Crippen molar-refractivity contribution in [2.75, 3.05) is 0 Å². The van der Waals surface area contributed by atoms with Crippen molar-refractivity contribution in [1.29, 1.82) is 0 Å². The molecule has 4 rings (SSSR count). The van der Waals surface area contributed by atoms with Gasteiger partial charge in [0, 0.05) is 12.6 Å². The van der Waals surface area contributed by atoms with E-state index in [-0.39, 0.29) is 0 Å². The van der Waals surface area contributed by atoms with Gasteiger partial charge in [-0.3, -0.25) is 4.68 Å². The highest BCUT2D eigenvalue weighted by atomic mass is 16.5. The van der Waals surface area contributed by atoms with Crippen molar-refractivity contribution in [3.8, 4) is 5.75 Å². The molecule has 0 aliphatic rings. The molecule has 0 unspecified atom stereocenters. The number of benzene rings is 2. The van der Waals surface area contributed by atoms with Gasteiger partial charge in [-0.1, -0.05) is 55.3 Å². The van der Waals surface area contributed by atoms with E-state index in [0.29, 0.717) is 12.5 Å². The average Bonchev–Trinajstić information content (AvgIpc) is 3.52. The van der Waals surface area contributed by atoms with Crippen LogP contribution >= 0.6 is 0 Å². The molecule has 0 radical (unpaired) electrons. The summed E-state index contributed by atoms with van der Waals surface area (Å²) in [6.07, 6.45) is 14.7. The van der Waals surface area contributed by atoms with Gasteiger partial charge in [0.25, 0.3) is 0 Å². The van der Waals surface area contributed by atoms with E-state index in [2.05, 4.69) is 27.2 Å². The van der Waals surface area contributed by atoms with Crippen molar-refractivity contribution in [2.24, 2.45) is 0 Å². The Hall–Kier alpha value is -3.67. The second-order valence-electron chi connectivity index (χ2n) is 7.68. The topological polar surface area (TPSA) is 66.0 Å². The van der Waals surface area contributed by atoms with Crippen LogP contribution in [0.4, 0.5) is 0 Å². The molecule has 0 N–H and O–H groups in total. The van der Waals surface area contributed by atoms with Crippen LogP contribution in [0.5, 0.6) is 5.75 Å². The molecule has 2 aromatic carbocycles. The van der Waals surface area contributed by atoms with Crippen LogP contribution in [0.3, 0.4) is 0 Å². The third-order valence-electron chi connectivity index (χ3n) is 5.17. The standard InChI is InChI=1S/C26H28N4O2/c1(2-7-17-30-21-27-20-28-30)4-10-23-11-14-25(15-12-23)31-18-24-19-32-26(29-24)16-13-22-8-5-3-6-9-22/h3,5-6,8-9,11-16,19-21H,1-2,4,7,10,17-18H2. The largest absolute Gasteiger partial charge is 0.487 e. The highest BCUT2D eigenvalue weighted by molar-refractivity contribution is 5.65. The second kappa shape index (κ2) is 11.6. The molecule has 0 atom stereocenters. The molecule has 2 aromatic heterocycles. The third-order valence-corrected chi connectivity index (χ3v) is 5.17. The van der Waals surface area contributed by atoms with Gasteiger partial charge in [0.05, 0.1) is 0 Å². The first kappa shape index (κ1) is 21.6. The van der Waals surface area contributed by atoms with Crippen LogP contribution in [0.1, 0.15) is 48.4 Å². The number of rotatable bonds is 12. The quantitative estimate of drug-likeness (QED) is 0.266. The van der Waals surface area contributed by atoms with E-state index in [9.17, 15) is 0 Å². The number of hydrogen-bond acceptors (Lipinski definition) is 5. The molecule has 164 valence electrons. The van der Waals surface area contributed by atoms with Gasteiger partial charge in [-0.2, -0.15) is 5.10 Å². The Kier molecular flexibility index (Phi) is 7.85. The molecule has 4 aromatic rings. The maximum atomic E-state index is 5.86. The summed E-state index contributed by atoms with van der Waals surface area (Å²) in [6, 6.07) is 18.4. The maximum absolute atomic E-state index is 5.86. The first-order valence-electron chi connectivity index (χ1n) is 11.1. The first-order valence-corrected chi connectivity index (χ1v) is 11.1. The Labute approximate surface area is 188 Å². The monoisotopic (exact) mass is 428 g/mol. The van der Waals surface area contributed by atoms with Gasteiger partial charge < -0.3 is 9.15 Å². The molecule has 32 heavy (non-hydrogen) atoms. The van der Waals surface area contributed by atoms with Gasteiger partial charge >= 0.3 is 0 Å². The molecule has 2 heterocycles. The zero-order valence-corrected chi connectivity index (χ0v) is 18.1. The van der Waals surface area contributed by atoms with Crippen molar-refractivity contribution in [2.45, 2.75) is 45.3 Å². The molecule has 0 saturated carbocycles. The molecule has 0 fully saturated rings. The van der Waals surface area contributed by atoms with Crippen molar-refractivity contribution in [3.63, 3.8) is 0 Å². The van der Waals surface area contributed by atoms with Gasteiger partial charge in [-0.15, -0.1) is 0 Å². The summed E-state index contributed by atoms with van der Waals surface area (Å²) >= 11 is 0. The SMILES string of the molecule is C(=Cc1nc(COc2ccc(CCCCCCn3cncn3)cc2)co1)c1ccccc1. The number of unbranched alkanes of at least 4 members (excludes halogenated alkanes) is 3. The third kappa shape index (κ3) is 6.94. The zero-order valence-electron chi connectivity index (χ0n) is 18.1. The van der Waals surface area contributed by atoms with Gasteiger partial charge in [0.2, 0.25) is 5.89 Å². The zero-order chi connectivity index (χ0) is 21.8. The molecular formula is C26H28N4O2. The number of ether oxygens (including phenoxy) is 1. The van der Waals surface area contributed by atoms with Crippen LogP contribution in [-0.4, -0.2) is 19.7 Å². The highest BCUT2D eigenvalue weighted by Gasteiger charge is 2.03. The number of aryl methyl sites for hydroxylation is 2. The average molecular weight is 429 g/mol. The minimum Gasteiger partial charge on any atom is -0.487 e. The summed E-state index contributed by atoms with van der Waals surface area (Å²) in [5.74, 6) is 1.41. The predicted molar refractivity (Wildman–Crippen MR) is 125 cm³/mol. The fourth-order valence-electron chi connectivity index (χ4n) is 3.41. The van der Waals surface area contributed by atoms with Gasteiger partial charge in [0.15, 0.2) is 0 Å². The minimum absolute atomic E-state index is 0.383. The van der Waals surface area contributed by atoms with Crippen molar-refractivity contribution in [1.82, 2.24) is 19.7 Å². The van der Waals surface area contributed by atoms with Gasteiger partial charge in [-0.05, 0) is 48.6 Å². The Morgan fingerprint density at radius 1 is 0.906 bits per heavy atom. The molecule has 0 spiro atoms. The van der Waals surface area contributed by atoms with Crippen LogP contribution in [-0.2, 0) is 19.6 Å². The van der Waals surface area contributed by atoms with E-state index in [4.69, 9.17) is 9.15 Å². The lowest BCUT2D eigenvalue weighted by molar-refractivity contribution is 0.301. The number of hydrogen-bond donors (Lipinski definition) is 0. The first-order chi connectivity index (χ1) is 15.8. The molecule has 0 amide bonds. The van der Waals surface area contributed by atoms with Gasteiger partial charge in [-0.25, -0.2) is 9.97 Å². The van der Waals surface area contributed by atoms with E-state index in [1.807, 2.05) is 59.3 Å². The Balaban J connectivity index is 1.14. The summed E-state index contributed by atoms with van der Waals surface area (Å²) < 4.78 is 13.2. The summed E-state index contributed by atoms with van der Waals surface area (Å²) in [6.45, 7) is 1.33. The Bertz CT molecular complexity index is 1070. The van der Waals surface area contributed by atoms with Crippen LogP contribution in [0, 0.1) is 0 Å². The lowest BCUT2D eigenvalue weighted by Gasteiger charge is -2.06. The second-order valence-corrected chi connectivity index (χ2v) is 7.68.